The topological polar surface area (TPSA) is 77.3 Å². The first kappa shape index (κ1) is 18.3. The second-order valence-electron chi connectivity index (χ2n) is 4.28. The number of hydrogen-bond donors (Lipinski definition) is 0. The molecule has 0 spiro atoms. The molecular formula is C14H24N2O4. The smallest absolute Gasteiger partial charge is 0.306 e. The molecule has 0 bridgehead atoms. The van der Waals surface area contributed by atoms with Gasteiger partial charge in [0.25, 0.3) is 0 Å². The standard InChI is InChI=1S/C14H24N2O4/c1-5-19-13(17)9-7-11(3)15-16-12(4)8-10-14(18)20-6-2/h5-10H2,1-4H3/b15-11+,16-12?. The van der Waals surface area contributed by atoms with Crippen molar-refractivity contribution >= 4 is 23.4 Å². The molecule has 0 fully saturated rings. The van der Waals surface area contributed by atoms with Crippen LogP contribution >= 0.6 is 0 Å². The van der Waals surface area contributed by atoms with E-state index in [2.05, 4.69) is 10.2 Å². The van der Waals surface area contributed by atoms with Crippen molar-refractivity contribution in [3.8, 4) is 0 Å². The molecule has 0 aromatic carbocycles. The van der Waals surface area contributed by atoms with E-state index in [-0.39, 0.29) is 11.9 Å². The number of carbonyl (C=O) groups is 2. The lowest BCUT2D eigenvalue weighted by Gasteiger charge is -2.01. The molecule has 0 aliphatic carbocycles. The van der Waals surface area contributed by atoms with Crippen LogP contribution in [0.4, 0.5) is 0 Å². The van der Waals surface area contributed by atoms with Gasteiger partial charge in [-0.05, 0) is 40.5 Å². The van der Waals surface area contributed by atoms with Crippen LogP contribution in [0.25, 0.3) is 0 Å². The summed E-state index contributed by atoms with van der Waals surface area (Å²) < 4.78 is 9.65. The van der Waals surface area contributed by atoms with Crippen LogP contribution < -0.4 is 0 Å². The minimum Gasteiger partial charge on any atom is -0.466 e. The predicted octanol–water partition coefficient (Wildman–Crippen LogP) is 2.51. The normalized spacial score (nSPS) is 12.2. The first-order valence-corrected chi connectivity index (χ1v) is 6.87. The van der Waals surface area contributed by atoms with E-state index in [4.69, 9.17) is 9.47 Å². The fourth-order valence-electron chi connectivity index (χ4n) is 1.30. The zero-order valence-electron chi connectivity index (χ0n) is 12.8. The summed E-state index contributed by atoms with van der Waals surface area (Å²) in [5, 5.41) is 8.05. The van der Waals surface area contributed by atoms with Crippen LogP contribution in [0.1, 0.15) is 53.4 Å². The first-order chi connectivity index (χ1) is 9.49. The average molecular weight is 284 g/mol. The summed E-state index contributed by atoms with van der Waals surface area (Å²) in [4.78, 5) is 22.3. The van der Waals surface area contributed by atoms with E-state index in [1.54, 1.807) is 27.7 Å². The second kappa shape index (κ2) is 11.1. The van der Waals surface area contributed by atoms with Gasteiger partial charge in [-0.3, -0.25) is 9.59 Å². The highest BCUT2D eigenvalue weighted by molar-refractivity contribution is 5.88. The second-order valence-corrected chi connectivity index (χ2v) is 4.28. The van der Waals surface area contributed by atoms with E-state index in [0.29, 0.717) is 38.9 Å². The number of rotatable bonds is 9. The summed E-state index contributed by atoms with van der Waals surface area (Å²) in [5.41, 5.74) is 1.52. The molecule has 0 rings (SSSR count). The van der Waals surface area contributed by atoms with Gasteiger partial charge in [0.05, 0.1) is 26.1 Å². The Bertz CT molecular complexity index is 339. The summed E-state index contributed by atoms with van der Waals surface area (Å²) in [7, 11) is 0. The molecule has 0 radical (unpaired) electrons. The van der Waals surface area contributed by atoms with Gasteiger partial charge in [0.2, 0.25) is 0 Å². The van der Waals surface area contributed by atoms with E-state index in [0.717, 1.165) is 11.4 Å². The molecule has 0 N–H and O–H groups in total. The molecule has 0 saturated heterocycles. The highest BCUT2D eigenvalue weighted by atomic mass is 16.5. The SMILES string of the molecule is CCOC(=O)CCC(C)=N/N=C(\C)CCC(=O)OCC. The quantitative estimate of drug-likeness (QED) is 0.370. The third-order valence-corrected chi connectivity index (χ3v) is 2.38. The lowest BCUT2D eigenvalue weighted by molar-refractivity contribution is -0.143. The Hall–Kier alpha value is -1.72. The summed E-state index contributed by atoms with van der Waals surface area (Å²) in [6.45, 7) is 7.94. The summed E-state index contributed by atoms with van der Waals surface area (Å²) in [6, 6.07) is 0. The van der Waals surface area contributed by atoms with Crippen LogP contribution in [0.15, 0.2) is 10.2 Å². The van der Waals surface area contributed by atoms with Gasteiger partial charge in [-0.25, -0.2) is 0 Å². The van der Waals surface area contributed by atoms with Crippen molar-refractivity contribution in [1.29, 1.82) is 0 Å². The molecule has 6 nitrogen and oxygen atoms in total. The van der Waals surface area contributed by atoms with Gasteiger partial charge in [-0.2, -0.15) is 10.2 Å². The third-order valence-electron chi connectivity index (χ3n) is 2.38. The van der Waals surface area contributed by atoms with Crippen LogP contribution in [-0.4, -0.2) is 36.6 Å². The number of carbonyl (C=O) groups excluding carboxylic acids is 2. The lowest BCUT2D eigenvalue weighted by atomic mass is 10.2. The maximum absolute atomic E-state index is 11.2. The van der Waals surface area contributed by atoms with Crippen molar-refractivity contribution in [1.82, 2.24) is 0 Å². The maximum Gasteiger partial charge on any atom is 0.306 e. The first-order valence-electron chi connectivity index (χ1n) is 6.87. The van der Waals surface area contributed by atoms with Crippen LogP contribution in [0.3, 0.4) is 0 Å². The van der Waals surface area contributed by atoms with E-state index in [1.807, 2.05) is 0 Å². The average Bonchev–Trinajstić information content (AvgIpc) is 2.41. The van der Waals surface area contributed by atoms with Gasteiger partial charge in [0, 0.05) is 11.4 Å². The van der Waals surface area contributed by atoms with E-state index >= 15 is 0 Å². The monoisotopic (exact) mass is 284 g/mol. The molecule has 0 unspecified atom stereocenters. The maximum atomic E-state index is 11.2. The molecule has 6 heteroatoms. The minimum absolute atomic E-state index is 0.231. The van der Waals surface area contributed by atoms with Gasteiger partial charge in [-0.1, -0.05) is 0 Å². The molecular weight excluding hydrogens is 260 g/mol. The van der Waals surface area contributed by atoms with Gasteiger partial charge < -0.3 is 9.47 Å². The van der Waals surface area contributed by atoms with Crippen LogP contribution in [0, 0.1) is 0 Å². The van der Waals surface area contributed by atoms with Crippen molar-refractivity contribution < 1.29 is 19.1 Å². The molecule has 0 saturated carbocycles. The van der Waals surface area contributed by atoms with Gasteiger partial charge >= 0.3 is 11.9 Å². The molecule has 114 valence electrons. The van der Waals surface area contributed by atoms with Crippen LogP contribution in [0.5, 0.6) is 0 Å². The molecule has 0 heterocycles. The third kappa shape index (κ3) is 10.2. The minimum atomic E-state index is -0.231. The Balaban J connectivity index is 4.06. The fourth-order valence-corrected chi connectivity index (χ4v) is 1.30. The highest BCUT2D eigenvalue weighted by Crippen LogP contribution is 1.99. The Labute approximate surface area is 120 Å². The number of nitrogens with zero attached hydrogens (tertiary/aromatic N) is 2. The van der Waals surface area contributed by atoms with Crippen molar-refractivity contribution in [3.05, 3.63) is 0 Å². The van der Waals surface area contributed by atoms with Gasteiger partial charge in [-0.15, -0.1) is 0 Å². The van der Waals surface area contributed by atoms with Crippen molar-refractivity contribution in [3.63, 3.8) is 0 Å². The van der Waals surface area contributed by atoms with E-state index < -0.39 is 0 Å². The molecule has 0 aromatic rings. The molecule has 0 aliphatic heterocycles. The van der Waals surface area contributed by atoms with Crippen LogP contribution in [-0.2, 0) is 19.1 Å². The zero-order chi connectivity index (χ0) is 15.4. The molecule has 0 amide bonds. The number of esters is 2. The molecule has 0 aromatic heterocycles. The fraction of sp³-hybridized carbons (Fsp3) is 0.714. The molecule has 0 aliphatic rings. The van der Waals surface area contributed by atoms with Gasteiger partial charge in [0.1, 0.15) is 0 Å². The Morgan fingerprint density at radius 2 is 1.10 bits per heavy atom. The highest BCUT2D eigenvalue weighted by Gasteiger charge is 2.04. The van der Waals surface area contributed by atoms with Crippen LogP contribution in [0.2, 0.25) is 0 Å². The van der Waals surface area contributed by atoms with E-state index in [1.165, 1.54) is 0 Å². The molecule has 0 atom stereocenters. The van der Waals surface area contributed by atoms with E-state index in [9.17, 15) is 9.59 Å². The zero-order valence-corrected chi connectivity index (χ0v) is 12.8. The Morgan fingerprint density at radius 1 is 0.750 bits per heavy atom. The lowest BCUT2D eigenvalue weighted by Crippen LogP contribution is -2.06. The number of ether oxygens (including phenoxy) is 2. The van der Waals surface area contributed by atoms with Crippen molar-refractivity contribution in [2.75, 3.05) is 13.2 Å². The Morgan fingerprint density at radius 3 is 1.40 bits per heavy atom. The summed E-state index contributed by atoms with van der Waals surface area (Å²) in [6.07, 6.45) is 1.65. The summed E-state index contributed by atoms with van der Waals surface area (Å²) >= 11 is 0. The van der Waals surface area contributed by atoms with Crippen molar-refractivity contribution in [2.45, 2.75) is 53.4 Å². The van der Waals surface area contributed by atoms with Gasteiger partial charge in [0.15, 0.2) is 0 Å². The summed E-state index contributed by atoms with van der Waals surface area (Å²) in [5.74, 6) is -0.463. The Kier molecular flexibility index (Phi) is 10.2. The largest absolute Gasteiger partial charge is 0.466 e. The number of hydrogen-bond acceptors (Lipinski definition) is 6. The molecule has 20 heavy (non-hydrogen) atoms. The van der Waals surface area contributed by atoms with Crippen molar-refractivity contribution in [2.24, 2.45) is 10.2 Å². The predicted molar refractivity (Wildman–Crippen MR) is 78.0 cm³/mol.